The van der Waals surface area contributed by atoms with Crippen molar-refractivity contribution in [2.45, 2.75) is 57.5 Å². The minimum Gasteiger partial charge on any atom is -0.381 e. The molecule has 4 aliphatic heterocycles. The average Bonchev–Trinajstić information content (AvgIpc) is 3.41. The number of piperazine rings is 1. The van der Waals surface area contributed by atoms with Crippen LogP contribution in [0.25, 0.3) is 0 Å². The molecule has 0 N–H and O–H groups in total. The zero-order valence-electron chi connectivity index (χ0n) is 18.4. The molecule has 31 heavy (non-hydrogen) atoms. The van der Waals surface area contributed by atoms with E-state index in [-0.39, 0.29) is 29.8 Å². The Morgan fingerprint density at radius 1 is 1.10 bits per heavy atom. The van der Waals surface area contributed by atoms with Gasteiger partial charge in [0.2, 0.25) is 11.8 Å². The number of ether oxygens (including phenoxy) is 1. The van der Waals surface area contributed by atoms with E-state index in [1.54, 1.807) is 18.6 Å². The number of fused-ring (bicyclic) bond motifs is 2. The number of aromatic nitrogens is 2. The van der Waals surface area contributed by atoms with Gasteiger partial charge in [0.05, 0.1) is 11.6 Å². The van der Waals surface area contributed by atoms with Crippen molar-refractivity contribution in [2.75, 3.05) is 44.3 Å². The normalized spacial score (nSPS) is 31.3. The van der Waals surface area contributed by atoms with Crippen molar-refractivity contribution in [1.29, 1.82) is 0 Å². The molecule has 0 unspecified atom stereocenters. The molecule has 168 valence electrons. The van der Waals surface area contributed by atoms with Crippen LogP contribution in [0.4, 0.5) is 5.82 Å². The van der Waals surface area contributed by atoms with Gasteiger partial charge in [-0.2, -0.15) is 0 Å². The molecule has 5 heterocycles. The van der Waals surface area contributed by atoms with E-state index in [1.807, 2.05) is 4.90 Å². The van der Waals surface area contributed by atoms with Crippen LogP contribution < -0.4 is 4.90 Å². The first-order chi connectivity index (χ1) is 15.1. The van der Waals surface area contributed by atoms with Gasteiger partial charge < -0.3 is 19.4 Å². The molecule has 0 saturated carbocycles. The van der Waals surface area contributed by atoms with Gasteiger partial charge in [-0.3, -0.25) is 14.6 Å². The third-order valence-corrected chi connectivity index (χ3v) is 8.06. The third kappa shape index (κ3) is 3.49. The molecule has 1 aromatic heterocycles. The molecule has 0 aliphatic carbocycles. The number of hydrogen-bond donors (Lipinski definition) is 0. The summed E-state index contributed by atoms with van der Waals surface area (Å²) in [7, 11) is 0. The number of rotatable bonds is 4. The Morgan fingerprint density at radius 3 is 2.55 bits per heavy atom. The van der Waals surface area contributed by atoms with E-state index in [1.165, 1.54) is 0 Å². The first kappa shape index (κ1) is 20.7. The largest absolute Gasteiger partial charge is 0.381 e. The first-order valence-electron chi connectivity index (χ1n) is 11.8. The van der Waals surface area contributed by atoms with Crippen molar-refractivity contribution in [2.24, 2.45) is 11.3 Å². The van der Waals surface area contributed by atoms with Crippen molar-refractivity contribution in [3.8, 4) is 0 Å². The lowest BCUT2D eigenvalue weighted by molar-refractivity contribution is -0.147. The molecule has 4 saturated heterocycles. The molecule has 5 rings (SSSR count). The van der Waals surface area contributed by atoms with E-state index in [0.29, 0.717) is 26.3 Å². The fourth-order valence-corrected chi connectivity index (χ4v) is 6.34. The van der Waals surface area contributed by atoms with Crippen LogP contribution in [-0.2, 0) is 14.3 Å². The Kier molecular flexibility index (Phi) is 5.58. The summed E-state index contributed by atoms with van der Waals surface area (Å²) in [5.74, 6) is 1.46. The lowest BCUT2D eigenvalue weighted by Crippen LogP contribution is -2.56. The van der Waals surface area contributed by atoms with Gasteiger partial charge >= 0.3 is 0 Å². The summed E-state index contributed by atoms with van der Waals surface area (Å²) in [6, 6.07) is 0.286. The molecule has 4 aliphatic rings. The average molecular weight is 428 g/mol. The highest BCUT2D eigenvalue weighted by atomic mass is 16.5. The zero-order valence-corrected chi connectivity index (χ0v) is 18.4. The Morgan fingerprint density at radius 2 is 1.87 bits per heavy atom. The highest BCUT2D eigenvalue weighted by molar-refractivity contribution is 5.88. The predicted octanol–water partition coefficient (Wildman–Crippen LogP) is 1.71. The number of carbonyl (C=O) groups is 2. The van der Waals surface area contributed by atoms with E-state index < -0.39 is 5.41 Å². The Labute approximate surface area is 183 Å². The number of anilines is 1. The summed E-state index contributed by atoms with van der Waals surface area (Å²) >= 11 is 0. The zero-order chi connectivity index (χ0) is 21.4. The summed E-state index contributed by atoms with van der Waals surface area (Å²) < 4.78 is 5.46. The van der Waals surface area contributed by atoms with Crippen molar-refractivity contribution in [1.82, 2.24) is 19.8 Å². The van der Waals surface area contributed by atoms with E-state index in [0.717, 1.165) is 57.4 Å². The Balaban J connectivity index is 1.29. The number of hydrogen-bond acceptors (Lipinski definition) is 6. The van der Waals surface area contributed by atoms with Crippen molar-refractivity contribution in [3.05, 3.63) is 18.6 Å². The fraction of sp³-hybridized carbons (Fsp3) is 0.739. The van der Waals surface area contributed by atoms with Crippen molar-refractivity contribution < 1.29 is 14.3 Å². The number of amides is 2. The van der Waals surface area contributed by atoms with Crippen molar-refractivity contribution >= 4 is 17.6 Å². The number of nitrogens with zero attached hydrogens (tertiary/aromatic N) is 5. The first-order valence-corrected chi connectivity index (χ1v) is 11.8. The van der Waals surface area contributed by atoms with Crippen LogP contribution in [0.15, 0.2) is 18.6 Å². The Bertz CT molecular complexity index is 807. The minimum absolute atomic E-state index is 0.0587. The van der Waals surface area contributed by atoms with Crippen molar-refractivity contribution in [3.63, 3.8) is 0 Å². The summed E-state index contributed by atoms with van der Waals surface area (Å²) in [6.45, 7) is 6.41. The third-order valence-electron chi connectivity index (χ3n) is 8.06. The van der Waals surface area contributed by atoms with Gasteiger partial charge in [0.1, 0.15) is 5.82 Å². The fourth-order valence-electron chi connectivity index (χ4n) is 6.34. The SMILES string of the molecule is CC[C@]1(C(=O)N2CCN(c3cnccn3)CC2)C[C@H]2CC[C@@H]1N2C(=O)C1CCOCC1. The van der Waals surface area contributed by atoms with Crippen LogP contribution in [0, 0.1) is 11.3 Å². The molecule has 2 bridgehead atoms. The second-order valence-electron chi connectivity index (χ2n) is 9.44. The molecule has 4 fully saturated rings. The van der Waals surface area contributed by atoms with Crippen LogP contribution in [0.1, 0.15) is 45.4 Å². The highest BCUT2D eigenvalue weighted by Crippen LogP contribution is 2.53. The maximum absolute atomic E-state index is 13.9. The van der Waals surface area contributed by atoms with Gasteiger partial charge in [-0.05, 0) is 38.5 Å². The highest BCUT2D eigenvalue weighted by Gasteiger charge is 2.61. The van der Waals surface area contributed by atoms with Crippen LogP contribution in [0.5, 0.6) is 0 Å². The number of carbonyl (C=O) groups excluding carboxylic acids is 2. The minimum atomic E-state index is -0.418. The smallest absolute Gasteiger partial charge is 0.231 e. The maximum atomic E-state index is 13.9. The summed E-state index contributed by atoms with van der Waals surface area (Å²) in [5, 5.41) is 0. The van der Waals surface area contributed by atoms with Crippen LogP contribution in [0.2, 0.25) is 0 Å². The molecular weight excluding hydrogens is 394 g/mol. The van der Waals surface area contributed by atoms with Crippen LogP contribution in [0.3, 0.4) is 0 Å². The molecule has 3 atom stereocenters. The molecule has 8 nitrogen and oxygen atoms in total. The summed E-state index contributed by atoms with van der Waals surface area (Å²) in [5.41, 5.74) is -0.418. The monoisotopic (exact) mass is 427 g/mol. The topological polar surface area (TPSA) is 78.9 Å². The van der Waals surface area contributed by atoms with Gasteiger partial charge in [0.25, 0.3) is 0 Å². The molecule has 2 amide bonds. The van der Waals surface area contributed by atoms with Gasteiger partial charge in [-0.1, -0.05) is 6.92 Å². The second kappa shape index (κ2) is 8.37. The van der Waals surface area contributed by atoms with E-state index in [9.17, 15) is 9.59 Å². The van der Waals surface area contributed by atoms with Gasteiger partial charge in [0.15, 0.2) is 0 Å². The molecule has 8 heteroatoms. The van der Waals surface area contributed by atoms with E-state index in [4.69, 9.17) is 4.74 Å². The maximum Gasteiger partial charge on any atom is 0.231 e. The summed E-state index contributed by atoms with van der Waals surface area (Å²) in [4.78, 5) is 42.2. The molecule has 0 spiro atoms. The van der Waals surface area contributed by atoms with Gasteiger partial charge in [-0.25, -0.2) is 4.98 Å². The second-order valence-corrected chi connectivity index (χ2v) is 9.44. The Hall–Kier alpha value is -2.22. The summed E-state index contributed by atoms with van der Waals surface area (Å²) in [6.07, 6.45) is 10.4. The quantitative estimate of drug-likeness (QED) is 0.728. The van der Waals surface area contributed by atoms with Crippen LogP contribution >= 0.6 is 0 Å². The standard InChI is InChI=1S/C23H33N5O3/c1-2-23(22(30)27-11-9-26(10-12-27)20-16-24-7-8-25-20)15-18-3-4-19(23)28(18)21(29)17-5-13-31-14-6-17/h7-8,16-19H,2-6,9-15H2,1H3/t18-,19+,23+/m1/s1. The molecule has 0 radical (unpaired) electrons. The van der Waals surface area contributed by atoms with Gasteiger partial charge in [0, 0.05) is 69.8 Å². The lowest BCUT2D eigenvalue weighted by Gasteiger charge is -2.43. The van der Waals surface area contributed by atoms with Crippen LogP contribution in [-0.4, -0.2) is 83.1 Å². The van der Waals surface area contributed by atoms with E-state index >= 15 is 0 Å². The van der Waals surface area contributed by atoms with Gasteiger partial charge in [-0.15, -0.1) is 0 Å². The molecule has 0 aromatic carbocycles. The molecule has 1 aromatic rings. The predicted molar refractivity (Wildman–Crippen MR) is 115 cm³/mol. The van der Waals surface area contributed by atoms with E-state index in [2.05, 4.69) is 26.7 Å². The molecular formula is C23H33N5O3. The lowest BCUT2D eigenvalue weighted by atomic mass is 9.70.